The van der Waals surface area contributed by atoms with Crippen LogP contribution in [-0.4, -0.2) is 21.6 Å². The Hall–Kier alpha value is -0.910. The molecule has 0 aliphatic heterocycles. The minimum atomic E-state index is -3.24. The van der Waals surface area contributed by atoms with Gasteiger partial charge in [-0.05, 0) is 25.0 Å². The Morgan fingerprint density at radius 2 is 1.71 bits per heavy atom. The zero-order chi connectivity index (χ0) is 12.9. The van der Waals surface area contributed by atoms with E-state index in [1.165, 1.54) is 0 Å². The molecule has 0 spiro atoms. The fourth-order valence-corrected chi connectivity index (χ4v) is 2.95. The summed E-state index contributed by atoms with van der Waals surface area (Å²) in [7, 11) is -1.61. The van der Waals surface area contributed by atoms with Crippen LogP contribution in [0.15, 0.2) is 24.3 Å². The number of benzene rings is 1. The third-order valence-electron chi connectivity index (χ3n) is 2.11. The van der Waals surface area contributed by atoms with Crippen molar-refractivity contribution < 1.29 is 13.2 Å². The quantitative estimate of drug-likeness (QED) is 0.843. The van der Waals surface area contributed by atoms with Gasteiger partial charge in [0.2, 0.25) is 10.0 Å². The van der Waals surface area contributed by atoms with Crippen molar-refractivity contribution in [3.05, 3.63) is 35.4 Å². The summed E-state index contributed by atoms with van der Waals surface area (Å²) in [5, 5.41) is 0. The fourth-order valence-electron chi connectivity index (χ4n) is 1.52. The normalized spacial score (nSPS) is 12.0. The predicted molar refractivity (Wildman–Crippen MR) is 68.1 cm³/mol. The van der Waals surface area contributed by atoms with Crippen molar-refractivity contribution in [1.29, 1.82) is 0 Å². The number of ether oxygens (including phenoxy) is 1. The highest BCUT2D eigenvalue weighted by molar-refractivity contribution is 7.88. The van der Waals surface area contributed by atoms with Gasteiger partial charge in [-0.15, -0.1) is 0 Å². The largest absolute Gasteiger partial charge is 0.380 e. The molecule has 5 heteroatoms. The second-order valence-electron chi connectivity index (χ2n) is 4.28. The van der Waals surface area contributed by atoms with Gasteiger partial charge in [0.25, 0.3) is 0 Å². The molecule has 0 saturated heterocycles. The Bertz CT molecular complexity index is 437. The van der Waals surface area contributed by atoms with E-state index >= 15 is 0 Å². The molecule has 96 valence electrons. The molecule has 1 N–H and O–H groups in total. The van der Waals surface area contributed by atoms with Gasteiger partial charge in [-0.1, -0.05) is 24.3 Å². The monoisotopic (exact) mass is 257 g/mol. The van der Waals surface area contributed by atoms with Crippen molar-refractivity contribution in [2.75, 3.05) is 7.11 Å². The van der Waals surface area contributed by atoms with E-state index in [4.69, 9.17) is 4.74 Å². The first-order valence-electron chi connectivity index (χ1n) is 5.49. The van der Waals surface area contributed by atoms with Crippen molar-refractivity contribution >= 4 is 10.0 Å². The third kappa shape index (κ3) is 5.30. The Kier molecular flexibility index (Phi) is 5.11. The van der Waals surface area contributed by atoms with E-state index in [0.29, 0.717) is 6.61 Å². The van der Waals surface area contributed by atoms with Gasteiger partial charge in [0.1, 0.15) is 0 Å². The van der Waals surface area contributed by atoms with E-state index in [9.17, 15) is 8.42 Å². The van der Waals surface area contributed by atoms with Gasteiger partial charge in [0.05, 0.1) is 12.4 Å². The molecule has 0 aliphatic carbocycles. The van der Waals surface area contributed by atoms with Crippen LogP contribution >= 0.6 is 0 Å². The SMILES string of the molecule is COCc1ccc(CS(=O)(=O)NC(C)C)cc1. The highest BCUT2D eigenvalue weighted by Gasteiger charge is 2.12. The lowest BCUT2D eigenvalue weighted by Crippen LogP contribution is -2.31. The Balaban J connectivity index is 2.69. The molecule has 4 nitrogen and oxygen atoms in total. The molecule has 0 radical (unpaired) electrons. The van der Waals surface area contributed by atoms with E-state index in [1.54, 1.807) is 21.0 Å². The van der Waals surface area contributed by atoms with Gasteiger partial charge in [-0.25, -0.2) is 13.1 Å². The topological polar surface area (TPSA) is 55.4 Å². The summed E-state index contributed by atoms with van der Waals surface area (Å²) in [6.07, 6.45) is 0. The van der Waals surface area contributed by atoms with Gasteiger partial charge in [0.15, 0.2) is 0 Å². The van der Waals surface area contributed by atoms with Gasteiger partial charge in [-0.2, -0.15) is 0 Å². The van der Waals surface area contributed by atoms with Crippen LogP contribution in [-0.2, 0) is 27.1 Å². The van der Waals surface area contributed by atoms with E-state index in [0.717, 1.165) is 11.1 Å². The second-order valence-corrected chi connectivity index (χ2v) is 6.04. The number of sulfonamides is 1. The molecule has 1 rings (SSSR count). The molecule has 17 heavy (non-hydrogen) atoms. The Labute approximate surface area is 103 Å². The summed E-state index contributed by atoms with van der Waals surface area (Å²) in [5.41, 5.74) is 1.81. The molecule has 1 aromatic carbocycles. The van der Waals surface area contributed by atoms with Crippen LogP contribution in [0.2, 0.25) is 0 Å². The molecule has 0 heterocycles. The lowest BCUT2D eigenvalue weighted by atomic mass is 10.2. The fraction of sp³-hybridized carbons (Fsp3) is 0.500. The summed E-state index contributed by atoms with van der Waals surface area (Å²) >= 11 is 0. The zero-order valence-electron chi connectivity index (χ0n) is 10.4. The molecule has 0 amide bonds. The summed E-state index contributed by atoms with van der Waals surface area (Å²) in [4.78, 5) is 0. The molecular weight excluding hydrogens is 238 g/mol. The molecule has 0 aliphatic rings. The number of hydrogen-bond acceptors (Lipinski definition) is 3. The molecule has 0 saturated carbocycles. The van der Waals surface area contributed by atoms with Crippen LogP contribution in [0.25, 0.3) is 0 Å². The van der Waals surface area contributed by atoms with E-state index in [-0.39, 0.29) is 11.8 Å². The number of methoxy groups -OCH3 is 1. The highest BCUT2D eigenvalue weighted by Crippen LogP contribution is 2.08. The molecule has 1 aromatic rings. The maximum absolute atomic E-state index is 11.7. The van der Waals surface area contributed by atoms with Crippen LogP contribution in [0.4, 0.5) is 0 Å². The van der Waals surface area contributed by atoms with E-state index in [1.807, 2.05) is 24.3 Å². The first kappa shape index (κ1) is 14.2. The maximum atomic E-state index is 11.7. The van der Waals surface area contributed by atoms with Crippen LogP contribution in [0.1, 0.15) is 25.0 Å². The molecule has 0 aromatic heterocycles. The summed E-state index contributed by atoms with van der Waals surface area (Å²) < 4.78 is 30.9. The van der Waals surface area contributed by atoms with Crippen molar-refractivity contribution in [3.8, 4) is 0 Å². The van der Waals surface area contributed by atoms with Crippen molar-refractivity contribution in [2.24, 2.45) is 0 Å². The average molecular weight is 257 g/mol. The van der Waals surface area contributed by atoms with Crippen molar-refractivity contribution in [1.82, 2.24) is 4.72 Å². The molecule has 0 unspecified atom stereocenters. The number of rotatable bonds is 6. The van der Waals surface area contributed by atoms with E-state index in [2.05, 4.69) is 4.72 Å². The maximum Gasteiger partial charge on any atom is 0.216 e. The predicted octanol–water partition coefficient (Wildman–Crippen LogP) is 1.66. The van der Waals surface area contributed by atoms with E-state index < -0.39 is 10.0 Å². The van der Waals surface area contributed by atoms with Crippen LogP contribution in [0.5, 0.6) is 0 Å². The zero-order valence-corrected chi connectivity index (χ0v) is 11.3. The van der Waals surface area contributed by atoms with Gasteiger partial charge in [-0.3, -0.25) is 0 Å². The van der Waals surface area contributed by atoms with Gasteiger partial charge in [0, 0.05) is 13.2 Å². The molecule has 0 fully saturated rings. The first-order valence-corrected chi connectivity index (χ1v) is 7.15. The molecule has 0 atom stereocenters. The molecular formula is C12H19NO3S. The third-order valence-corrected chi connectivity index (χ3v) is 3.65. The van der Waals surface area contributed by atoms with Gasteiger partial charge >= 0.3 is 0 Å². The second kappa shape index (κ2) is 6.14. The average Bonchev–Trinajstić information content (AvgIpc) is 2.18. The standard InChI is InChI=1S/C12H19NO3S/c1-10(2)13-17(14,15)9-12-6-4-11(5-7-12)8-16-3/h4-7,10,13H,8-9H2,1-3H3. The van der Waals surface area contributed by atoms with Crippen LogP contribution < -0.4 is 4.72 Å². The Morgan fingerprint density at radius 3 is 2.18 bits per heavy atom. The lowest BCUT2D eigenvalue weighted by Gasteiger charge is -2.09. The van der Waals surface area contributed by atoms with Crippen molar-refractivity contribution in [2.45, 2.75) is 32.2 Å². The highest BCUT2D eigenvalue weighted by atomic mass is 32.2. The number of hydrogen-bond donors (Lipinski definition) is 1. The van der Waals surface area contributed by atoms with Crippen molar-refractivity contribution in [3.63, 3.8) is 0 Å². The summed E-state index contributed by atoms with van der Waals surface area (Å²) in [5.74, 6) is 0.0123. The first-order chi connectivity index (χ1) is 7.93. The van der Waals surface area contributed by atoms with Gasteiger partial charge < -0.3 is 4.74 Å². The summed E-state index contributed by atoms with van der Waals surface area (Å²) in [6, 6.07) is 7.31. The minimum Gasteiger partial charge on any atom is -0.380 e. The lowest BCUT2D eigenvalue weighted by molar-refractivity contribution is 0.185. The Morgan fingerprint density at radius 1 is 1.18 bits per heavy atom. The minimum absolute atomic E-state index is 0.0123. The summed E-state index contributed by atoms with van der Waals surface area (Å²) in [6.45, 7) is 4.15. The van der Waals surface area contributed by atoms with Crippen LogP contribution in [0.3, 0.4) is 0 Å². The molecule has 0 bridgehead atoms. The number of nitrogens with one attached hydrogen (secondary N) is 1. The smallest absolute Gasteiger partial charge is 0.216 e. The van der Waals surface area contributed by atoms with Crippen LogP contribution in [0, 0.1) is 0 Å².